The summed E-state index contributed by atoms with van der Waals surface area (Å²) < 4.78 is 1.09. The van der Waals surface area contributed by atoms with E-state index in [2.05, 4.69) is 50.2 Å². The van der Waals surface area contributed by atoms with Crippen molar-refractivity contribution in [2.24, 2.45) is 0 Å². The van der Waals surface area contributed by atoms with Crippen LogP contribution in [0.2, 0.25) is 0 Å². The lowest BCUT2D eigenvalue weighted by molar-refractivity contribution is 0.581. The second-order valence-electron chi connectivity index (χ2n) is 4.78. The molecule has 2 aromatic rings. The third-order valence-corrected chi connectivity index (χ3v) is 3.94. The summed E-state index contributed by atoms with van der Waals surface area (Å²) in [7, 11) is 0. The molecule has 2 N–H and O–H groups in total. The number of rotatable bonds is 2. The third-order valence-electron chi connectivity index (χ3n) is 3.41. The average molecular weight is 321 g/mol. The van der Waals surface area contributed by atoms with E-state index < -0.39 is 0 Å². The van der Waals surface area contributed by atoms with E-state index in [0.29, 0.717) is 0 Å². The molecular formula is C14H17BrN4. The minimum absolute atomic E-state index is 0.983. The van der Waals surface area contributed by atoms with E-state index >= 15 is 0 Å². The van der Waals surface area contributed by atoms with Gasteiger partial charge in [0.2, 0.25) is 5.95 Å². The van der Waals surface area contributed by atoms with Crippen molar-refractivity contribution in [2.75, 3.05) is 31.1 Å². The van der Waals surface area contributed by atoms with E-state index in [9.17, 15) is 0 Å². The van der Waals surface area contributed by atoms with Crippen molar-refractivity contribution in [1.29, 1.82) is 0 Å². The number of benzene rings is 1. The van der Waals surface area contributed by atoms with Gasteiger partial charge < -0.3 is 15.2 Å². The highest BCUT2D eigenvalue weighted by atomic mass is 79.9. The highest BCUT2D eigenvalue weighted by Gasteiger charge is 2.16. The quantitative estimate of drug-likeness (QED) is 0.893. The predicted octanol–water partition coefficient (Wildman–Crippen LogP) is 2.56. The Kier molecular flexibility index (Phi) is 3.57. The van der Waals surface area contributed by atoms with Crippen LogP contribution >= 0.6 is 15.9 Å². The van der Waals surface area contributed by atoms with E-state index in [4.69, 9.17) is 4.98 Å². The Hall–Kier alpha value is -1.33. The number of aromatic amines is 1. The molecule has 0 aliphatic carbocycles. The number of hydrogen-bond donors (Lipinski definition) is 2. The number of piperazine rings is 1. The van der Waals surface area contributed by atoms with Gasteiger partial charge in [-0.25, -0.2) is 4.98 Å². The Morgan fingerprint density at radius 1 is 1.16 bits per heavy atom. The van der Waals surface area contributed by atoms with E-state index in [1.807, 2.05) is 12.1 Å². The van der Waals surface area contributed by atoms with Gasteiger partial charge in [0, 0.05) is 41.9 Å². The molecule has 1 saturated heterocycles. The molecule has 0 saturated carbocycles. The molecule has 19 heavy (non-hydrogen) atoms. The summed E-state index contributed by atoms with van der Waals surface area (Å²) in [4.78, 5) is 10.5. The largest absolute Gasteiger partial charge is 0.340 e. The number of halogens is 1. The number of aromatic nitrogens is 2. The van der Waals surface area contributed by atoms with Crippen molar-refractivity contribution in [1.82, 2.24) is 15.3 Å². The van der Waals surface area contributed by atoms with Crippen LogP contribution in [-0.4, -0.2) is 36.1 Å². The van der Waals surface area contributed by atoms with Gasteiger partial charge >= 0.3 is 0 Å². The maximum absolute atomic E-state index is 4.76. The monoisotopic (exact) mass is 320 g/mol. The summed E-state index contributed by atoms with van der Waals surface area (Å²) in [6, 6.07) is 8.28. The second kappa shape index (κ2) is 5.35. The number of aryl methyl sites for hydroxylation is 1. The number of anilines is 1. The molecule has 2 heterocycles. The Labute approximate surface area is 121 Å². The zero-order chi connectivity index (χ0) is 13.2. The first-order valence-corrected chi connectivity index (χ1v) is 7.31. The number of nitrogens with one attached hydrogen (secondary N) is 2. The Bertz CT molecular complexity index is 555. The molecule has 0 radical (unpaired) electrons. The van der Waals surface area contributed by atoms with Crippen LogP contribution in [0, 0.1) is 6.92 Å². The minimum Gasteiger partial charge on any atom is -0.340 e. The first-order chi connectivity index (χ1) is 9.24. The van der Waals surface area contributed by atoms with Crippen molar-refractivity contribution in [3.63, 3.8) is 0 Å². The molecule has 1 fully saturated rings. The molecule has 0 atom stereocenters. The zero-order valence-corrected chi connectivity index (χ0v) is 12.5. The zero-order valence-electron chi connectivity index (χ0n) is 10.9. The van der Waals surface area contributed by atoms with Gasteiger partial charge in [-0.2, -0.15) is 0 Å². The van der Waals surface area contributed by atoms with Gasteiger partial charge in [-0.3, -0.25) is 0 Å². The van der Waals surface area contributed by atoms with Crippen LogP contribution in [0.1, 0.15) is 5.69 Å². The Morgan fingerprint density at radius 2 is 1.84 bits per heavy atom. The molecular weight excluding hydrogens is 304 g/mol. The van der Waals surface area contributed by atoms with Crippen molar-refractivity contribution in [3.05, 3.63) is 34.4 Å². The van der Waals surface area contributed by atoms with Gasteiger partial charge in [-0.05, 0) is 19.1 Å². The highest BCUT2D eigenvalue weighted by Crippen LogP contribution is 2.25. The number of nitrogens with zero attached hydrogens (tertiary/aromatic N) is 2. The van der Waals surface area contributed by atoms with Crippen LogP contribution in [0.3, 0.4) is 0 Å². The predicted molar refractivity (Wildman–Crippen MR) is 81.5 cm³/mol. The van der Waals surface area contributed by atoms with Crippen LogP contribution < -0.4 is 10.2 Å². The van der Waals surface area contributed by atoms with Gasteiger partial charge in [0.15, 0.2) is 0 Å². The van der Waals surface area contributed by atoms with E-state index in [-0.39, 0.29) is 0 Å². The molecule has 1 aliphatic rings. The second-order valence-corrected chi connectivity index (χ2v) is 5.69. The molecule has 0 unspecified atom stereocenters. The molecule has 0 spiro atoms. The summed E-state index contributed by atoms with van der Waals surface area (Å²) in [5.41, 5.74) is 3.32. The van der Waals surface area contributed by atoms with Gasteiger partial charge in [-0.1, -0.05) is 28.1 Å². The van der Waals surface area contributed by atoms with Crippen molar-refractivity contribution >= 4 is 21.9 Å². The van der Waals surface area contributed by atoms with E-state index in [1.165, 1.54) is 0 Å². The molecule has 0 bridgehead atoms. The highest BCUT2D eigenvalue weighted by molar-refractivity contribution is 9.10. The summed E-state index contributed by atoms with van der Waals surface area (Å²) in [5, 5.41) is 3.36. The molecule has 1 aromatic carbocycles. The SMILES string of the molecule is Cc1[nH]c(N2CCNCC2)nc1-c1ccc(Br)cc1. The van der Waals surface area contributed by atoms with Crippen molar-refractivity contribution in [2.45, 2.75) is 6.92 Å². The summed E-state index contributed by atoms with van der Waals surface area (Å²) in [6.07, 6.45) is 0. The number of imidazole rings is 1. The maximum Gasteiger partial charge on any atom is 0.203 e. The van der Waals surface area contributed by atoms with Crippen molar-refractivity contribution < 1.29 is 0 Å². The fourth-order valence-corrected chi connectivity index (χ4v) is 2.62. The van der Waals surface area contributed by atoms with Crippen LogP contribution in [0.25, 0.3) is 11.3 Å². The standard InChI is InChI=1S/C14H17BrN4/c1-10-13(11-2-4-12(15)5-3-11)18-14(17-10)19-8-6-16-7-9-19/h2-5,16H,6-9H2,1H3,(H,17,18). The summed E-state index contributed by atoms with van der Waals surface area (Å²) in [5.74, 6) is 0.983. The first kappa shape index (κ1) is 12.7. The molecule has 3 rings (SSSR count). The van der Waals surface area contributed by atoms with E-state index in [1.54, 1.807) is 0 Å². The average Bonchev–Trinajstić information content (AvgIpc) is 2.83. The van der Waals surface area contributed by atoms with Crippen LogP contribution in [0.5, 0.6) is 0 Å². The normalized spacial score (nSPS) is 15.8. The number of H-pyrrole nitrogens is 1. The van der Waals surface area contributed by atoms with Crippen molar-refractivity contribution in [3.8, 4) is 11.3 Å². The molecule has 1 aromatic heterocycles. The molecule has 1 aliphatic heterocycles. The van der Waals surface area contributed by atoms with Crippen LogP contribution in [-0.2, 0) is 0 Å². The van der Waals surface area contributed by atoms with Gasteiger partial charge in [-0.15, -0.1) is 0 Å². The number of hydrogen-bond acceptors (Lipinski definition) is 3. The van der Waals surface area contributed by atoms with Gasteiger partial charge in [0.25, 0.3) is 0 Å². The molecule has 4 nitrogen and oxygen atoms in total. The first-order valence-electron chi connectivity index (χ1n) is 6.52. The molecule has 100 valence electrons. The topological polar surface area (TPSA) is 44.0 Å². The fraction of sp³-hybridized carbons (Fsp3) is 0.357. The molecule has 5 heteroatoms. The fourth-order valence-electron chi connectivity index (χ4n) is 2.36. The maximum atomic E-state index is 4.76. The van der Waals surface area contributed by atoms with Crippen LogP contribution in [0.4, 0.5) is 5.95 Å². The Morgan fingerprint density at radius 3 is 2.53 bits per heavy atom. The lowest BCUT2D eigenvalue weighted by Crippen LogP contribution is -2.44. The lowest BCUT2D eigenvalue weighted by atomic mass is 10.1. The lowest BCUT2D eigenvalue weighted by Gasteiger charge is -2.26. The summed E-state index contributed by atoms with van der Waals surface area (Å²) in [6.45, 7) is 6.14. The Balaban J connectivity index is 1.90. The van der Waals surface area contributed by atoms with Gasteiger partial charge in [0.1, 0.15) is 0 Å². The minimum atomic E-state index is 0.983. The summed E-state index contributed by atoms with van der Waals surface area (Å²) >= 11 is 3.46. The van der Waals surface area contributed by atoms with Crippen LogP contribution in [0.15, 0.2) is 28.7 Å². The smallest absolute Gasteiger partial charge is 0.203 e. The van der Waals surface area contributed by atoms with Gasteiger partial charge in [0.05, 0.1) is 5.69 Å². The molecule has 0 amide bonds. The van der Waals surface area contributed by atoms with E-state index in [0.717, 1.165) is 53.6 Å². The third kappa shape index (κ3) is 2.67.